The Hall–Kier alpha value is -3.10. The summed E-state index contributed by atoms with van der Waals surface area (Å²) < 4.78 is 29.2. The molecule has 134 valence electrons. The molecule has 0 bridgehead atoms. The predicted octanol–water partition coefficient (Wildman–Crippen LogP) is 2.26. The third kappa shape index (κ3) is 2.98. The first-order chi connectivity index (χ1) is 13.0. The third-order valence-corrected chi connectivity index (χ3v) is 6.81. The van der Waals surface area contributed by atoms with E-state index < -0.39 is 21.6 Å². The minimum atomic E-state index is -3.99. The highest BCUT2D eigenvalue weighted by Crippen LogP contribution is 2.27. The molecule has 2 heterocycles. The number of rotatable bonds is 4. The Morgan fingerprint density at radius 2 is 1.48 bits per heavy atom. The normalized spacial score (nSPS) is 14.2. The molecule has 1 aromatic carbocycles. The van der Waals surface area contributed by atoms with Crippen LogP contribution in [-0.2, 0) is 10.0 Å². The highest BCUT2D eigenvalue weighted by Gasteiger charge is 2.40. The van der Waals surface area contributed by atoms with Gasteiger partial charge in [-0.05, 0) is 11.4 Å². The lowest BCUT2D eigenvalue weighted by Crippen LogP contribution is -2.44. The fourth-order valence-corrected chi connectivity index (χ4v) is 4.92. The smallest absolute Gasteiger partial charge is 0.287 e. The van der Waals surface area contributed by atoms with E-state index in [1.54, 1.807) is 60.2 Å². The predicted molar refractivity (Wildman–Crippen MR) is 99.6 cm³/mol. The van der Waals surface area contributed by atoms with E-state index in [2.05, 4.69) is 4.72 Å². The van der Waals surface area contributed by atoms with E-state index in [1.165, 1.54) is 16.7 Å². The van der Waals surface area contributed by atoms with Crippen LogP contribution in [0.2, 0.25) is 0 Å². The highest BCUT2D eigenvalue weighted by molar-refractivity contribution is 7.91. The number of pyridine rings is 1. The van der Waals surface area contributed by atoms with Gasteiger partial charge in [0.2, 0.25) is 5.78 Å². The summed E-state index contributed by atoms with van der Waals surface area (Å²) in [6, 6.07) is 14.6. The number of benzene rings is 1. The fourth-order valence-electron chi connectivity index (χ4n) is 2.85. The van der Waals surface area contributed by atoms with E-state index >= 15 is 0 Å². The van der Waals surface area contributed by atoms with Crippen LogP contribution in [0, 0.1) is 0 Å². The summed E-state index contributed by atoms with van der Waals surface area (Å²) >= 11 is 1.03. The number of nitrogens with one attached hydrogen (secondary N) is 1. The SMILES string of the molecule is O=C1C(NS(=O)(=O)c2cccs2)=C([n+]2ccccc2)C(=O)c2ccccc21. The quantitative estimate of drug-likeness (QED) is 0.685. The van der Waals surface area contributed by atoms with Gasteiger partial charge >= 0.3 is 0 Å². The molecule has 1 aliphatic rings. The van der Waals surface area contributed by atoms with Crippen LogP contribution in [0.5, 0.6) is 0 Å². The van der Waals surface area contributed by atoms with E-state index in [0.717, 1.165) is 11.3 Å². The van der Waals surface area contributed by atoms with E-state index in [0.29, 0.717) is 0 Å². The van der Waals surface area contributed by atoms with Gasteiger partial charge in [0, 0.05) is 23.3 Å². The van der Waals surface area contributed by atoms with Crippen molar-refractivity contribution in [3.8, 4) is 0 Å². The van der Waals surface area contributed by atoms with Gasteiger partial charge < -0.3 is 0 Å². The van der Waals surface area contributed by atoms with E-state index in [1.807, 2.05) is 0 Å². The summed E-state index contributed by atoms with van der Waals surface area (Å²) in [5, 5.41) is 1.62. The summed E-state index contributed by atoms with van der Waals surface area (Å²) in [6.07, 6.45) is 3.18. The van der Waals surface area contributed by atoms with Gasteiger partial charge in [-0.2, -0.15) is 4.57 Å². The lowest BCUT2D eigenvalue weighted by molar-refractivity contribution is -0.577. The van der Waals surface area contributed by atoms with Crippen LogP contribution < -0.4 is 9.29 Å². The maximum Gasteiger partial charge on any atom is 0.287 e. The van der Waals surface area contributed by atoms with Crippen LogP contribution in [0.3, 0.4) is 0 Å². The molecule has 0 aliphatic heterocycles. The number of sulfonamides is 1. The topological polar surface area (TPSA) is 84.2 Å². The first-order valence-corrected chi connectivity index (χ1v) is 10.3. The Bertz CT molecular complexity index is 1180. The van der Waals surface area contributed by atoms with Crippen molar-refractivity contribution in [2.75, 3.05) is 0 Å². The molecular formula is C19H13N2O4S2+. The van der Waals surface area contributed by atoms with Crippen LogP contribution in [0.25, 0.3) is 5.70 Å². The van der Waals surface area contributed by atoms with Crippen molar-refractivity contribution in [2.45, 2.75) is 4.21 Å². The number of ketones is 2. The zero-order chi connectivity index (χ0) is 19.0. The molecular weight excluding hydrogens is 384 g/mol. The Morgan fingerprint density at radius 3 is 2.11 bits per heavy atom. The monoisotopic (exact) mass is 397 g/mol. The molecule has 3 aromatic rings. The van der Waals surface area contributed by atoms with Gasteiger partial charge in [0.15, 0.2) is 18.1 Å². The molecule has 4 rings (SSSR count). The number of carbonyl (C=O) groups excluding carboxylic acids is 2. The lowest BCUT2D eigenvalue weighted by Gasteiger charge is -2.18. The summed E-state index contributed by atoms with van der Waals surface area (Å²) in [5.41, 5.74) is 0.127. The van der Waals surface area contributed by atoms with Crippen molar-refractivity contribution in [2.24, 2.45) is 0 Å². The molecule has 0 fully saturated rings. The Kier molecular flexibility index (Phi) is 4.21. The largest absolute Gasteiger partial charge is 0.287 e. The van der Waals surface area contributed by atoms with Crippen molar-refractivity contribution < 1.29 is 22.6 Å². The van der Waals surface area contributed by atoms with E-state index in [9.17, 15) is 18.0 Å². The molecule has 8 heteroatoms. The molecule has 2 aromatic heterocycles. The zero-order valence-electron chi connectivity index (χ0n) is 13.8. The number of hydrogen-bond donors (Lipinski definition) is 1. The molecule has 0 saturated carbocycles. The molecule has 1 N–H and O–H groups in total. The van der Waals surface area contributed by atoms with Crippen molar-refractivity contribution in [1.82, 2.24) is 4.72 Å². The van der Waals surface area contributed by atoms with Crippen molar-refractivity contribution >= 4 is 38.6 Å². The van der Waals surface area contributed by atoms with E-state index in [-0.39, 0.29) is 26.7 Å². The van der Waals surface area contributed by atoms with Gasteiger partial charge in [-0.3, -0.25) is 14.3 Å². The Morgan fingerprint density at radius 1 is 0.815 bits per heavy atom. The van der Waals surface area contributed by atoms with Crippen LogP contribution in [-0.4, -0.2) is 20.0 Å². The van der Waals surface area contributed by atoms with Crippen molar-refractivity contribution in [1.29, 1.82) is 0 Å². The first kappa shape index (κ1) is 17.3. The molecule has 0 spiro atoms. The number of carbonyl (C=O) groups is 2. The minimum absolute atomic E-state index is 0.0283. The van der Waals surface area contributed by atoms with Gasteiger partial charge in [-0.25, -0.2) is 8.42 Å². The Labute approximate surface area is 159 Å². The second-order valence-corrected chi connectivity index (χ2v) is 8.60. The molecule has 27 heavy (non-hydrogen) atoms. The van der Waals surface area contributed by atoms with Gasteiger partial charge in [0.1, 0.15) is 4.21 Å². The summed E-state index contributed by atoms with van der Waals surface area (Å²) in [5.74, 6) is -0.970. The zero-order valence-corrected chi connectivity index (χ0v) is 15.5. The number of nitrogens with zero attached hydrogens (tertiary/aromatic N) is 1. The van der Waals surface area contributed by atoms with E-state index in [4.69, 9.17) is 0 Å². The summed E-state index contributed by atoms with van der Waals surface area (Å²) in [6.45, 7) is 0. The molecule has 0 radical (unpaired) electrons. The van der Waals surface area contributed by atoms with Crippen LogP contribution in [0.1, 0.15) is 20.7 Å². The number of fused-ring (bicyclic) bond motifs is 1. The van der Waals surface area contributed by atoms with Gasteiger partial charge in [0.25, 0.3) is 21.5 Å². The average molecular weight is 397 g/mol. The number of thiophene rings is 1. The molecule has 0 atom stereocenters. The van der Waals surface area contributed by atoms with Crippen LogP contribution >= 0.6 is 11.3 Å². The van der Waals surface area contributed by atoms with Crippen LogP contribution in [0.4, 0.5) is 0 Å². The first-order valence-electron chi connectivity index (χ1n) is 7.95. The average Bonchev–Trinajstić information content (AvgIpc) is 3.23. The second-order valence-electron chi connectivity index (χ2n) is 5.75. The molecule has 1 aliphatic carbocycles. The van der Waals surface area contributed by atoms with Gasteiger partial charge in [-0.1, -0.05) is 36.4 Å². The van der Waals surface area contributed by atoms with Gasteiger partial charge in [0.05, 0.1) is 0 Å². The summed E-state index contributed by atoms with van der Waals surface area (Å²) in [7, 11) is -3.99. The highest BCUT2D eigenvalue weighted by atomic mass is 32.2. The Balaban J connectivity index is 1.93. The number of hydrogen-bond acceptors (Lipinski definition) is 5. The molecule has 6 nitrogen and oxygen atoms in total. The maximum absolute atomic E-state index is 13.1. The molecule has 0 saturated heterocycles. The lowest BCUT2D eigenvalue weighted by atomic mass is 9.90. The van der Waals surface area contributed by atoms with Gasteiger partial charge in [-0.15, -0.1) is 11.3 Å². The molecule has 0 unspecified atom stereocenters. The number of allylic oxidation sites excluding steroid dienone is 2. The standard InChI is InChI=1S/C19H12N2O4S2/c22-18-13-7-2-3-8-14(13)19(23)17(21-10-4-1-5-11-21)16(18)20-27(24,25)15-9-6-12-26-15/h1-12H/p+1. The summed E-state index contributed by atoms with van der Waals surface area (Å²) in [4.78, 5) is 26.1. The van der Waals surface area contributed by atoms with Crippen molar-refractivity contribution in [3.05, 3.63) is 89.2 Å². The minimum Gasteiger partial charge on any atom is -0.287 e. The van der Waals surface area contributed by atoms with Crippen molar-refractivity contribution in [3.63, 3.8) is 0 Å². The van der Waals surface area contributed by atoms with Crippen LogP contribution in [0.15, 0.2) is 82.3 Å². The third-order valence-electron chi connectivity index (χ3n) is 4.07. The second kappa shape index (κ2) is 6.57. The fraction of sp³-hybridized carbons (Fsp3) is 0. The molecule has 0 amide bonds. The number of Topliss-reactive ketones (excluding diaryl/α,β-unsaturated/α-hetero) is 2. The number of aromatic nitrogens is 1. The maximum atomic E-state index is 13.1.